The lowest BCUT2D eigenvalue weighted by Gasteiger charge is -2.07. The van der Waals surface area contributed by atoms with Crippen LogP contribution in [0.4, 0.5) is 0 Å². The molecule has 1 heterocycles. The summed E-state index contributed by atoms with van der Waals surface area (Å²) in [5, 5.41) is 5.94. The quantitative estimate of drug-likeness (QED) is 0.506. The second kappa shape index (κ2) is 10.1. The SMILES string of the molecule is CCCNC(=O)c1cccc(CN=C(N)NCCc2ccccn2)c1. The molecule has 2 rings (SSSR count). The number of amides is 1. The maximum Gasteiger partial charge on any atom is 0.251 e. The summed E-state index contributed by atoms with van der Waals surface area (Å²) in [5.74, 6) is 0.325. The van der Waals surface area contributed by atoms with E-state index in [0.29, 0.717) is 31.2 Å². The summed E-state index contributed by atoms with van der Waals surface area (Å²) in [6.07, 6.45) is 3.47. The molecule has 0 saturated carbocycles. The monoisotopic (exact) mass is 339 g/mol. The smallest absolute Gasteiger partial charge is 0.251 e. The zero-order valence-corrected chi connectivity index (χ0v) is 14.5. The highest BCUT2D eigenvalue weighted by atomic mass is 16.1. The van der Waals surface area contributed by atoms with E-state index in [4.69, 9.17) is 5.73 Å². The highest BCUT2D eigenvalue weighted by Gasteiger charge is 2.05. The number of carbonyl (C=O) groups excluding carboxylic acids is 1. The fraction of sp³-hybridized carbons (Fsp3) is 0.316. The van der Waals surface area contributed by atoms with Crippen LogP contribution in [-0.4, -0.2) is 29.9 Å². The van der Waals surface area contributed by atoms with Crippen LogP contribution in [0.1, 0.15) is 35.0 Å². The molecular formula is C19H25N5O. The molecule has 0 bridgehead atoms. The van der Waals surface area contributed by atoms with Crippen molar-refractivity contribution in [3.05, 3.63) is 65.5 Å². The van der Waals surface area contributed by atoms with Crippen LogP contribution in [0.15, 0.2) is 53.7 Å². The molecule has 0 fully saturated rings. The Morgan fingerprint density at radius 1 is 1.16 bits per heavy atom. The summed E-state index contributed by atoms with van der Waals surface area (Å²) >= 11 is 0. The fourth-order valence-electron chi connectivity index (χ4n) is 2.25. The largest absolute Gasteiger partial charge is 0.370 e. The lowest BCUT2D eigenvalue weighted by molar-refractivity contribution is 0.0953. The van der Waals surface area contributed by atoms with Crippen LogP contribution in [0, 0.1) is 0 Å². The van der Waals surface area contributed by atoms with Gasteiger partial charge in [0.2, 0.25) is 0 Å². The number of carbonyl (C=O) groups is 1. The predicted octanol–water partition coefficient (Wildman–Crippen LogP) is 1.87. The number of aliphatic imine (C=N–C) groups is 1. The zero-order valence-electron chi connectivity index (χ0n) is 14.5. The van der Waals surface area contributed by atoms with Gasteiger partial charge in [0.05, 0.1) is 6.54 Å². The van der Waals surface area contributed by atoms with Crippen molar-refractivity contribution < 1.29 is 4.79 Å². The molecule has 2 aromatic rings. The Hall–Kier alpha value is -2.89. The van der Waals surface area contributed by atoms with Gasteiger partial charge in [-0.1, -0.05) is 25.1 Å². The van der Waals surface area contributed by atoms with Gasteiger partial charge in [-0.3, -0.25) is 9.78 Å². The van der Waals surface area contributed by atoms with Crippen molar-refractivity contribution in [2.75, 3.05) is 13.1 Å². The van der Waals surface area contributed by atoms with Gasteiger partial charge in [0.25, 0.3) is 5.91 Å². The molecule has 1 aromatic carbocycles. The van der Waals surface area contributed by atoms with Crippen molar-refractivity contribution >= 4 is 11.9 Å². The highest BCUT2D eigenvalue weighted by Crippen LogP contribution is 2.06. The molecule has 0 atom stereocenters. The number of rotatable bonds is 8. The predicted molar refractivity (Wildman–Crippen MR) is 100 cm³/mol. The van der Waals surface area contributed by atoms with E-state index in [2.05, 4.69) is 20.6 Å². The third kappa shape index (κ3) is 6.63. The molecule has 0 spiro atoms. The molecule has 0 saturated heterocycles. The summed E-state index contributed by atoms with van der Waals surface area (Å²) in [7, 11) is 0. The molecule has 25 heavy (non-hydrogen) atoms. The molecule has 1 amide bonds. The van der Waals surface area contributed by atoms with Gasteiger partial charge in [0.1, 0.15) is 0 Å². The Morgan fingerprint density at radius 2 is 2.04 bits per heavy atom. The third-order valence-corrected chi connectivity index (χ3v) is 3.57. The van der Waals surface area contributed by atoms with Gasteiger partial charge >= 0.3 is 0 Å². The molecule has 6 heteroatoms. The normalized spacial score (nSPS) is 11.2. The second-order valence-corrected chi connectivity index (χ2v) is 5.66. The van der Waals surface area contributed by atoms with Crippen molar-refractivity contribution in [2.45, 2.75) is 26.3 Å². The maximum absolute atomic E-state index is 12.0. The molecule has 0 unspecified atom stereocenters. The molecule has 132 valence electrons. The Morgan fingerprint density at radius 3 is 2.80 bits per heavy atom. The number of nitrogens with zero attached hydrogens (tertiary/aromatic N) is 2. The first-order chi connectivity index (χ1) is 12.2. The van der Waals surface area contributed by atoms with Crippen molar-refractivity contribution in [3.8, 4) is 0 Å². The van der Waals surface area contributed by atoms with E-state index in [1.165, 1.54) is 0 Å². The molecule has 0 radical (unpaired) electrons. The van der Waals surface area contributed by atoms with Crippen molar-refractivity contribution in [1.29, 1.82) is 0 Å². The van der Waals surface area contributed by atoms with Crippen LogP contribution in [0.25, 0.3) is 0 Å². The van der Waals surface area contributed by atoms with Crippen LogP contribution in [0.5, 0.6) is 0 Å². The summed E-state index contributed by atoms with van der Waals surface area (Å²) < 4.78 is 0. The molecule has 0 aliphatic heterocycles. The lowest BCUT2D eigenvalue weighted by Crippen LogP contribution is -2.33. The summed E-state index contributed by atoms with van der Waals surface area (Å²) in [6, 6.07) is 13.3. The average Bonchev–Trinajstić information content (AvgIpc) is 2.65. The van der Waals surface area contributed by atoms with Gasteiger partial charge in [0, 0.05) is 37.0 Å². The number of benzene rings is 1. The summed E-state index contributed by atoms with van der Waals surface area (Å²) in [6.45, 7) is 3.80. The van der Waals surface area contributed by atoms with E-state index in [-0.39, 0.29) is 5.91 Å². The number of aromatic nitrogens is 1. The molecular weight excluding hydrogens is 314 g/mol. The van der Waals surface area contributed by atoms with Crippen molar-refractivity contribution in [3.63, 3.8) is 0 Å². The van der Waals surface area contributed by atoms with Gasteiger partial charge in [-0.05, 0) is 36.2 Å². The van der Waals surface area contributed by atoms with Crippen LogP contribution in [0.3, 0.4) is 0 Å². The van der Waals surface area contributed by atoms with E-state index in [0.717, 1.165) is 24.1 Å². The van der Waals surface area contributed by atoms with Crippen LogP contribution in [0.2, 0.25) is 0 Å². The van der Waals surface area contributed by atoms with Crippen molar-refractivity contribution in [1.82, 2.24) is 15.6 Å². The number of pyridine rings is 1. The zero-order chi connectivity index (χ0) is 17.9. The van der Waals surface area contributed by atoms with Gasteiger partial charge in [-0.15, -0.1) is 0 Å². The minimum absolute atomic E-state index is 0.0610. The van der Waals surface area contributed by atoms with Gasteiger partial charge < -0.3 is 16.4 Å². The van der Waals surface area contributed by atoms with Crippen LogP contribution >= 0.6 is 0 Å². The third-order valence-electron chi connectivity index (χ3n) is 3.57. The first-order valence-corrected chi connectivity index (χ1v) is 8.50. The van der Waals surface area contributed by atoms with E-state index in [1.807, 2.05) is 43.3 Å². The fourth-order valence-corrected chi connectivity index (χ4v) is 2.25. The molecule has 0 aliphatic carbocycles. The van der Waals surface area contributed by atoms with Crippen molar-refractivity contribution in [2.24, 2.45) is 10.7 Å². The highest BCUT2D eigenvalue weighted by molar-refractivity contribution is 5.94. The Labute approximate surface area is 148 Å². The van der Waals surface area contributed by atoms with Crippen LogP contribution in [-0.2, 0) is 13.0 Å². The number of nitrogens with one attached hydrogen (secondary N) is 2. The molecule has 6 nitrogen and oxygen atoms in total. The minimum Gasteiger partial charge on any atom is -0.370 e. The standard InChI is InChI=1S/C19H25N5O/c1-2-10-22-18(25)16-7-5-6-15(13-16)14-24-19(20)23-12-9-17-8-3-4-11-21-17/h3-8,11,13H,2,9-10,12,14H2,1H3,(H,22,25)(H3,20,23,24). The Bertz CT molecular complexity index is 700. The first kappa shape index (κ1) is 18.4. The first-order valence-electron chi connectivity index (χ1n) is 8.50. The number of hydrogen-bond donors (Lipinski definition) is 3. The van der Waals surface area contributed by atoms with E-state index in [1.54, 1.807) is 12.3 Å². The summed E-state index contributed by atoms with van der Waals surface area (Å²) in [4.78, 5) is 20.6. The van der Waals surface area contributed by atoms with E-state index >= 15 is 0 Å². The summed E-state index contributed by atoms with van der Waals surface area (Å²) in [5.41, 5.74) is 8.48. The molecule has 0 aliphatic rings. The number of guanidine groups is 1. The Kier molecular flexibility index (Phi) is 7.43. The van der Waals surface area contributed by atoms with Crippen LogP contribution < -0.4 is 16.4 Å². The van der Waals surface area contributed by atoms with Gasteiger partial charge in [0.15, 0.2) is 5.96 Å². The Balaban J connectivity index is 1.82. The lowest BCUT2D eigenvalue weighted by atomic mass is 10.1. The molecule has 1 aromatic heterocycles. The number of nitrogens with two attached hydrogens (primary N) is 1. The van der Waals surface area contributed by atoms with Gasteiger partial charge in [-0.25, -0.2) is 4.99 Å². The van der Waals surface area contributed by atoms with E-state index in [9.17, 15) is 4.79 Å². The van der Waals surface area contributed by atoms with Gasteiger partial charge in [-0.2, -0.15) is 0 Å². The number of hydrogen-bond acceptors (Lipinski definition) is 3. The van der Waals surface area contributed by atoms with E-state index < -0.39 is 0 Å². The maximum atomic E-state index is 12.0. The second-order valence-electron chi connectivity index (χ2n) is 5.66. The topological polar surface area (TPSA) is 92.4 Å². The molecule has 4 N–H and O–H groups in total. The minimum atomic E-state index is -0.0610. The average molecular weight is 339 g/mol.